The molecule has 1 aliphatic carbocycles. The van der Waals surface area contributed by atoms with E-state index in [0.29, 0.717) is 18.7 Å². The van der Waals surface area contributed by atoms with E-state index in [-0.39, 0.29) is 17.1 Å². The van der Waals surface area contributed by atoms with E-state index in [0.717, 1.165) is 25.7 Å². The third-order valence-corrected chi connectivity index (χ3v) is 4.38. The first-order valence-corrected chi connectivity index (χ1v) is 7.42. The van der Waals surface area contributed by atoms with Crippen molar-refractivity contribution < 1.29 is 13.9 Å². The molecule has 3 N–H and O–H groups in total. The van der Waals surface area contributed by atoms with Gasteiger partial charge in [-0.3, -0.25) is 4.79 Å². The molecule has 1 aliphatic rings. The SMILES string of the molecule is COc1cc(C(=O)NCC2(CN)CCCCC2)ccc1F. The molecule has 21 heavy (non-hydrogen) atoms. The van der Waals surface area contributed by atoms with Crippen molar-refractivity contribution >= 4 is 5.91 Å². The lowest BCUT2D eigenvalue weighted by molar-refractivity contribution is 0.0913. The highest BCUT2D eigenvalue weighted by Gasteiger charge is 2.31. The zero-order chi connectivity index (χ0) is 15.3. The van der Waals surface area contributed by atoms with Crippen LogP contribution in [0.1, 0.15) is 42.5 Å². The Morgan fingerprint density at radius 3 is 2.71 bits per heavy atom. The first kappa shape index (κ1) is 15.8. The molecule has 0 atom stereocenters. The summed E-state index contributed by atoms with van der Waals surface area (Å²) in [6.07, 6.45) is 5.67. The molecule has 0 saturated heterocycles. The summed E-state index contributed by atoms with van der Waals surface area (Å²) in [5.41, 5.74) is 6.32. The standard InChI is InChI=1S/C16H23FN2O2/c1-21-14-9-12(5-6-13(14)17)15(20)19-11-16(10-18)7-3-2-4-8-16/h5-6,9H,2-4,7-8,10-11,18H2,1H3,(H,19,20). The quantitative estimate of drug-likeness (QED) is 0.877. The molecule has 1 aromatic carbocycles. The predicted octanol–water partition coefficient (Wildman–Crippen LogP) is 2.47. The first-order chi connectivity index (χ1) is 10.1. The van der Waals surface area contributed by atoms with Crippen LogP contribution < -0.4 is 15.8 Å². The second kappa shape index (κ2) is 6.89. The van der Waals surface area contributed by atoms with Gasteiger partial charge in [0.2, 0.25) is 0 Å². The van der Waals surface area contributed by atoms with E-state index in [1.165, 1.54) is 31.7 Å². The van der Waals surface area contributed by atoms with Crippen molar-refractivity contribution in [3.63, 3.8) is 0 Å². The summed E-state index contributed by atoms with van der Waals surface area (Å²) in [7, 11) is 1.38. The number of nitrogens with one attached hydrogen (secondary N) is 1. The van der Waals surface area contributed by atoms with Crippen molar-refractivity contribution in [2.75, 3.05) is 20.2 Å². The van der Waals surface area contributed by atoms with Crippen LogP contribution in [0.3, 0.4) is 0 Å². The Bertz CT molecular complexity index is 499. The van der Waals surface area contributed by atoms with Gasteiger partial charge in [-0.2, -0.15) is 0 Å². The minimum absolute atomic E-state index is 0.0119. The minimum atomic E-state index is -0.472. The maximum Gasteiger partial charge on any atom is 0.251 e. The smallest absolute Gasteiger partial charge is 0.251 e. The number of hydrogen-bond donors (Lipinski definition) is 2. The van der Waals surface area contributed by atoms with Gasteiger partial charge < -0.3 is 15.8 Å². The number of ether oxygens (including phenoxy) is 1. The Hall–Kier alpha value is -1.62. The van der Waals surface area contributed by atoms with Crippen molar-refractivity contribution in [1.29, 1.82) is 0 Å². The molecule has 116 valence electrons. The third-order valence-electron chi connectivity index (χ3n) is 4.38. The lowest BCUT2D eigenvalue weighted by Gasteiger charge is -2.36. The van der Waals surface area contributed by atoms with Crippen LogP contribution in [0.15, 0.2) is 18.2 Å². The number of carbonyl (C=O) groups excluding carboxylic acids is 1. The van der Waals surface area contributed by atoms with Crippen LogP contribution in [0.2, 0.25) is 0 Å². The van der Waals surface area contributed by atoms with E-state index in [2.05, 4.69) is 5.32 Å². The first-order valence-electron chi connectivity index (χ1n) is 7.42. The van der Waals surface area contributed by atoms with E-state index in [9.17, 15) is 9.18 Å². The van der Waals surface area contributed by atoms with Crippen molar-refractivity contribution in [2.45, 2.75) is 32.1 Å². The molecular formula is C16H23FN2O2. The summed E-state index contributed by atoms with van der Waals surface area (Å²) < 4.78 is 18.2. The number of nitrogens with two attached hydrogens (primary N) is 1. The van der Waals surface area contributed by atoms with Gasteiger partial charge in [-0.25, -0.2) is 4.39 Å². The van der Waals surface area contributed by atoms with Crippen LogP contribution in [-0.4, -0.2) is 26.1 Å². The lowest BCUT2D eigenvalue weighted by atomic mass is 9.74. The molecule has 1 amide bonds. The van der Waals surface area contributed by atoms with Crippen molar-refractivity contribution in [3.8, 4) is 5.75 Å². The molecule has 0 bridgehead atoms. The summed E-state index contributed by atoms with van der Waals surface area (Å²) in [5, 5.41) is 2.93. The number of rotatable bonds is 5. The van der Waals surface area contributed by atoms with Crippen LogP contribution >= 0.6 is 0 Å². The summed E-state index contributed by atoms with van der Waals surface area (Å²) in [5.74, 6) is -0.611. The average Bonchev–Trinajstić information content (AvgIpc) is 2.54. The number of hydrogen-bond acceptors (Lipinski definition) is 3. The molecule has 0 heterocycles. The number of methoxy groups -OCH3 is 1. The maximum atomic E-state index is 13.4. The van der Waals surface area contributed by atoms with Crippen molar-refractivity contribution in [2.24, 2.45) is 11.1 Å². The van der Waals surface area contributed by atoms with Gasteiger partial charge in [-0.05, 0) is 43.0 Å². The topological polar surface area (TPSA) is 64.3 Å². The van der Waals surface area contributed by atoms with Gasteiger partial charge >= 0.3 is 0 Å². The summed E-state index contributed by atoms with van der Waals surface area (Å²) in [4.78, 5) is 12.2. The van der Waals surface area contributed by atoms with Crippen LogP contribution in [0, 0.1) is 11.2 Å². The van der Waals surface area contributed by atoms with E-state index in [1.807, 2.05) is 0 Å². The number of amides is 1. The number of benzene rings is 1. The molecule has 1 fully saturated rings. The zero-order valence-corrected chi connectivity index (χ0v) is 12.5. The lowest BCUT2D eigenvalue weighted by Crippen LogP contribution is -2.43. The molecule has 5 heteroatoms. The van der Waals surface area contributed by atoms with Crippen molar-refractivity contribution in [3.05, 3.63) is 29.6 Å². The van der Waals surface area contributed by atoms with Gasteiger partial charge in [0.25, 0.3) is 5.91 Å². The molecule has 1 aromatic rings. The summed E-state index contributed by atoms with van der Waals surface area (Å²) >= 11 is 0. The van der Waals surface area contributed by atoms with Gasteiger partial charge in [-0.1, -0.05) is 19.3 Å². The fraction of sp³-hybridized carbons (Fsp3) is 0.562. The monoisotopic (exact) mass is 294 g/mol. The Labute approximate surface area is 124 Å². The number of halogens is 1. The largest absolute Gasteiger partial charge is 0.494 e. The highest BCUT2D eigenvalue weighted by Crippen LogP contribution is 2.34. The van der Waals surface area contributed by atoms with Gasteiger partial charge in [0.15, 0.2) is 11.6 Å². The Balaban J connectivity index is 2.01. The zero-order valence-electron chi connectivity index (χ0n) is 12.5. The molecule has 4 nitrogen and oxygen atoms in total. The molecule has 0 unspecified atom stereocenters. The molecule has 0 aromatic heterocycles. The van der Waals surface area contributed by atoms with Crippen LogP contribution in [0.4, 0.5) is 4.39 Å². The van der Waals surface area contributed by atoms with Gasteiger partial charge in [0.05, 0.1) is 7.11 Å². The summed E-state index contributed by atoms with van der Waals surface area (Å²) in [6.45, 7) is 1.15. The van der Waals surface area contributed by atoms with Gasteiger partial charge in [0.1, 0.15) is 0 Å². The molecule has 0 spiro atoms. The Kier molecular flexibility index (Phi) is 5.17. The van der Waals surface area contributed by atoms with Crippen LogP contribution in [0.25, 0.3) is 0 Å². The van der Waals surface area contributed by atoms with Crippen LogP contribution in [0.5, 0.6) is 5.75 Å². The van der Waals surface area contributed by atoms with Crippen molar-refractivity contribution in [1.82, 2.24) is 5.32 Å². The Morgan fingerprint density at radius 2 is 2.10 bits per heavy atom. The molecule has 0 radical (unpaired) electrons. The second-order valence-corrected chi connectivity index (χ2v) is 5.80. The molecule has 0 aliphatic heterocycles. The van der Waals surface area contributed by atoms with Crippen LogP contribution in [-0.2, 0) is 0 Å². The number of carbonyl (C=O) groups is 1. The molecular weight excluding hydrogens is 271 g/mol. The normalized spacial score (nSPS) is 17.3. The molecule has 2 rings (SSSR count). The predicted molar refractivity (Wildman–Crippen MR) is 79.9 cm³/mol. The maximum absolute atomic E-state index is 13.4. The second-order valence-electron chi connectivity index (χ2n) is 5.80. The average molecular weight is 294 g/mol. The highest BCUT2D eigenvalue weighted by atomic mass is 19.1. The van der Waals surface area contributed by atoms with Gasteiger partial charge in [0, 0.05) is 12.1 Å². The fourth-order valence-corrected chi connectivity index (χ4v) is 2.93. The van der Waals surface area contributed by atoms with E-state index < -0.39 is 5.82 Å². The third kappa shape index (κ3) is 3.73. The van der Waals surface area contributed by atoms with Gasteiger partial charge in [-0.15, -0.1) is 0 Å². The minimum Gasteiger partial charge on any atom is -0.494 e. The highest BCUT2D eigenvalue weighted by molar-refractivity contribution is 5.94. The molecule has 1 saturated carbocycles. The Morgan fingerprint density at radius 1 is 1.38 bits per heavy atom. The summed E-state index contributed by atoms with van der Waals surface area (Å²) in [6, 6.07) is 4.12. The van der Waals surface area contributed by atoms with E-state index >= 15 is 0 Å². The van der Waals surface area contributed by atoms with E-state index in [1.54, 1.807) is 0 Å². The van der Waals surface area contributed by atoms with E-state index in [4.69, 9.17) is 10.5 Å². The fourth-order valence-electron chi connectivity index (χ4n) is 2.93.